The lowest BCUT2D eigenvalue weighted by molar-refractivity contribution is -0.139. The van der Waals surface area contributed by atoms with Gasteiger partial charge in [0.2, 0.25) is 11.8 Å². The maximum atomic E-state index is 14.0. The summed E-state index contributed by atoms with van der Waals surface area (Å²) in [7, 11) is -4.23. The number of carbonyl (C=O) groups is 2. The number of hydrogen-bond acceptors (Lipinski definition) is 5. The maximum absolute atomic E-state index is 14.0. The molecule has 214 valence electrons. The highest BCUT2D eigenvalue weighted by molar-refractivity contribution is 7.92. The van der Waals surface area contributed by atoms with E-state index in [9.17, 15) is 22.4 Å². The van der Waals surface area contributed by atoms with Crippen LogP contribution in [0.2, 0.25) is 0 Å². The van der Waals surface area contributed by atoms with Gasteiger partial charge in [0.1, 0.15) is 24.2 Å². The fourth-order valence-corrected chi connectivity index (χ4v) is 5.49. The molecule has 3 rings (SSSR count). The smallest absolute Gasteiger partial charge is 0.264 e. The summed E-state index contributed by atoms with van der Waals surface area (Å²) in [5.74, 6) is -1.15. The molecular formula is C30H36FN3O5S. The second-order valence-corrected chi connectivity index (χ2v) is 11.6. The zero-order valence-corrected chi connectivity index (χ0v) is 24.2. The van der Waals surface area contributed by atoms with E-state index < -0.39 is 40.2 Å². The molecule has 0 aromatic heterocycles. The molecule has 0 aliphatic heterocycles. The molecule has 0 aliphatic carbocycles. The number of hydrogen-bond donors (Lipinski definition) is 1. The van der Waals surface area contributed by atoms with Crippen LogP contribution in [0.25, 0.3) is 0 Å². The largest absolute Gasteiger partial charge is 0.492 e. The molecule has 2 amide bonds. The van der Waals surface area contributed by atoms with Gasteiger partial charge in [0.25, 0.3) is 10.0 Å². The molecule has 0 saturated carbocycles. The van der Waals surface area contributed by atoms with Gasteiger partial charge in [0.15, 0.2) is 0 Å². The lowest BCUT2D eigenvalue weighted by atomic mass is 10.1. The molecule has 40 heavy (non-hydrogen) atoms. The van der Waals surface area contributed by atoms with Crippen LogP contribution in [-0.2, 0) is 26.2 Å². The van der Waals surface area contributed by atoms with Gasteiger partial charge in [-0.2, -0.15) is 0 Å². The molecule has 0 fully saturated rings. The Kier molecular flexibility index (Phi) is 10.3. The fourth-order valence-electron chi connectivity index (χ4n) is 4.07. The van der Waals surface area contributed by atoms with Gasteiger partial charge in [0.05, 0.1) is 17.2 Å². The van der Waals surface area contributed by atoms with Crippen molar-refractivity contribution in [3.8, 4) is 5.75 Å². The van der Waals surface area contributed by atoms with Crippen LogP contribution in [0, 0.1) is 12.7 Å². The Morgan fingerprint density at radius 3 is 2.17 bits per heavy atom. The number of rotatable bonds is 12. The Bertz CT molecular complexity index is 1410. The van der Waals surface area contributed by atoms with Gasteiger partial charge in [-0.1, -0.05) is 42.0 Å². The lowest BCUT2D eigenvalue weighted by Gasteiger charge is -2.32. The Morgan fingerprint density at radius 2 is 1.57 bits per heavy atom. The summed E-state index contributed by atoms with van der Waals surface area (Å²) in [6.07, 6.45) is 0. The van der Waals surface area contributed by atoms with E-state index in [1.165, 1.54) is 41.3 Å². The number of benzene rings is 3. The van der Waals surface area contributed by atoms with Crippen LogP contribution in [0.15, 0.2) is 77.7 Å². The summed E-state index contributed by atoms with van der Waals surface area (Å²) < 4.78 is 48.3. The summed E-state index contributed by atoms with van der Waals surface area (Å²) in [4.78, 5) is 28.2. The normalized spacial score (nSPS) is 12.1. The van der Waals surface area contributed by atoms with Gasteiger partial charge in [-0.3, -0.25) is 13.9 Å². The van der Waals surface area contributed by atoms with E-state index >= 15 is 0 Å². The first-order valence-electron chi connectivity index (χ1n) is 13.1. The van der Waals surface area contributed by atoms with Crippen molar-refractivity contribution in [2.75, 3.05) is 17.5 Å². The first-order chi connectivity index (χ1) is 18.9. The van der Waals surface area contributed by atoms with Crippen LogP contribution in [0.5, 0.6) is 5.75 Å². The molecule has 0 spiro atoms. The monoisotopic (exact) mass is 569 g/mol. The maximum Gasteiger partial charge on any atom is 0.264 e. The zero-order valence-electron chi connectivity index (χ0n) is 23.4. The van der Waals surface area contributed by atoms with Gasteiger partial charge >= 0.3 is 0 Å². The van der Waals surface area contributed by atoms with E-state index in [-0.39, 0.29) is 29.8 Å². The van der Waals surface area contributed by atoms with Crippen LogP contribution >= 0.6 is 0 Å². The van der Waals surface area contributed by atoms with E-state index in [1.54, 1.807) is 64.1 Å². The van der Waals surface area contributed by atoms with Crippen molar-refractivity contribution < 1.29 is 27.1 Å². The van der Waals surface area contributed by atoms with Crippen molar-refractivity contribution in [1.82, 2.24) is 10.2 Å². The Balaban J connectivity index is 2.08. The molecule has 0 aliphatic rings. The number of ether oxygens (including phenoxy) is 1. The minimum atomic E-state index is -4.23. The lowest BCUT2D eigenvalue weighted by Crippen LogP contribution is -2.52. The Labute approximate surface area is 235 Å². The molecular weight excluding hydrogens is 533 g/mol. The molecule has 10 heteroatoms. The van der Waals surface area contributed by atoms with Crippen molar-refractivity contribution in [2.24, 2.45) is 0 Å². The van der Waals surface area contributed by atoms with Gasteiger partial charge in [-0.05, 0) is 76.6 Å². The van der Waals surface area contributed by atoms with Gasteiger partial charge in [0, 0.05) is 12.6 Å². The zero-order chi connectivity index (χ0) is 29.4. The minimum absolute atomic E-state index is 0.00730. The molecule has 0 bridgehead atoms. The molecule has 0 saturated heterocycles. The van der Waals surface area contributed by atoms with E-state index in [0.29, 0.717) is 11.3 Å². The Morgan fingerprint density at radius 1 is 0.950 bits per heavy atom. The third-order valence-corrected chi connectivity index (χ3v) is 7.96. The van der Waals surface area contributed by atoms with Crippen LogP contribution in [0.4, 0.5) is 10.1 Å². The molecule has 0 radical (unpaired) electrons. The van der Waals surface area contributed by atoms with E-state index in [1.807, 2.05) is 6.92 Å². The first-order valence-corrected chi connectivity index (χ1v) is 14.5. The highest BCUT2D eigenvalue weighted by atomic mass is 32.2. The van der Waals surface area contributed by atoms with Gasteiger partial charge < -0.3 is 15.0 Å². The van der Waals surface area contributed by atoms with Crippen molar-refractivity contribution in [1.29, 1.82) is 0 Å². The van der Waals surface area contributed by atoms with Crippen LogP contribution < -0.4 is 14.4 Å². The third kappa shape index (κ3) is 7.59. The van der Waals surface area contributed by atoms with Crippen molar-refractivity contribution in [3.63, 3.8) is 0 Å². The number of aryl methyl sites for hydroxylation is 1. The number of amides is 2. The van der Waals surface area contributed by atoms with Crippen LogP contribution in [0.1, 0.15) is 38.8 Å². The average Bonchev–Trinajstić information content (AvgIpc) is 2.91. The van der Waals surface area contributed by atoms with Crippen molar-refractivity contribution in [2.45, 2.75) is 58.1 Å². The predicted octanol–water partition coefficient (Wildman–Crippen LogP) is 4.67. The minimum Gasteiger partial charge on any atom is -0.492 e. The Hall–Kier alpha value is -3.92. The average molecular weight is 570 g/mol. The number of sulfonamides is 1. The summed E-state index contributed by atoms with van der Waals surface area (Å²) in [6, 6.07) is 17.4. The fraction of sp³-hybridized carbons (Fsp3) is 0.333. The molecule has 3 aromatic carbocycles. The molecule has 0 heterocycles. The summed E-state index contributed by atoms with van der Waals surface area (Å²) in [6.45, 7) is 8.46. The number of nitrogens with zero attached hydrogens (tertiary/aromatic N) is 2. The van der Waals surface area contributed by atoms with E-state index in [0.717, 1.165) is 9.87 Å². The summed E-state index contributed by atoms with van der Waals surface area (Å²) in [5.41, 5.74) is 1.66. The highest BCUT2D eigenvalue weighted by Gasteiger charge is 2.34. The molecule has 3 aromatic rings. The van der Waals surface area contributed by atoms with E-state index in [4.69, 9.17) is 4.74 Å². The van der Waals surface area contributed by atoms with Gasteiger partial charge in [-0.15, -0.1) is 0 Å². The van der Waals surface area contributed by atoms with E-state index in [2.05, 4.69) is 5.32 Å². The van der Waals surface area contributed by atoms with Crippen molar-refractivity contribution in [3.05, 3.63) is 89.7 Å². The number of anilines is 1. The molecule has 1 atom stereocenters. The summed E-state index contributed by atoms with van der Waals surface area (Å²) in [5, 5.41) is 2.80. The van der Waals surface area contributed by atoms with Crippen LogP contribution in [0.3, 0.4) is 0 Å². The third-order valence-electron chi connectivity index (χ3n) is 6.19. The highest BCUT2D eigenvalue weighted by Crippen LogP contribution is 2.33. The number of halogens is 1. The molecule has 0 unspecified atom stereocenters. The molecule has 8 nitrogen and oxygen atoms in total. The second-order valence-electron chi connectivity index (χ2n) is 9.71. The topological polar surface area (TPSA) is 96.0 Å². The second kappa shape index (κ2) is 13.4. The molecule has 1 N–H and O–H groups in total. The number of nitrogens with one attached hydrogen (secondary N) is 1. The summed E-state index contributed by atoms with van der Waals surface area (Å²) >= 11 is 0. The standard InChI is InChI=1S/C30H36FN3O5S/c1-6-39-28-10-8-7-9-27(28)34(40(37,38)26-17-11-22(4)12-18-26)20-29(35)33(23(5)30(36)32-21(2)3)19-24-13-15-25(31)16-14-24/h7-18,21,23H,6,19-20H2,1-5H3,(H,32,36)/t23-/m1/s1. The van der Waals surface area contributed by atoms with Crippen molar-refractivity contribution >= 4 is 27.5 Å². The number of carbonyl (C=O) groups excluding carboxylic acids is 2. The SMILES string of the molecule is CCOc1ccccc1N(CC(=O)N(Cc1ccc(F)cc1)[C@H](C)C(=O)NC(C)C)S(=O)(=O)c1ccc(C)cc1. The van der Waals surface area contributed by atoms with Crippen LogP contribution in [-0.4, -0.2) is 50.4 Å². The number of para-hydroxylation sites is 2. The predicted molar refractivity (Wildman–Crippen MR) is 153 cm³/mol. The quantitative estimate of drug-likeness (QED) is 0.342. The van der Waals surface area contributed by atoms with Gasteiger partial charge in [-0.25, -0.2) is 12.8 Å². The first kappa shape index (κ1) is 30.6.